The van der Waals surface area contributed by atoms with Gasteiger partial charge in [0.15, 0.2) is 5.78 Å². The van der Waals surface area contributed by atoms with E-state index in [0.29, 0.717) is 43.2 Å². The first-order valence-electron chi connectivity index (χ1n) is 10.0. The molecule has 1 atom stereocenters. The van der Waals surface area contributed by atoms with Gasteiger partial charge in [-0.25, -0.2) is 8.42 Å². The van der Waals surface area contributed by atoms with Gasteiger partial charge in [0.05, 0.1) is 18.0 Å². The maximum absolute atomic E-state index is 12.9. The summed E-state index contributed by atoms with van der Waals surface area (Å²) in [4.78, 5) is 26.2. The van der Waals surface area contributed by atoms with Crippen molar-refractivity contribution in [3.63, 3.8) is 0 Å². The number of benzene rings is 2. The number of methoxy groups -OCH3 is 1. The van der Waals surface area contributed by atoms with Crippen molar-refractivity contribution in [2.45, 2.75) is 24.8 Å². The van der Waals surface area contributed by atoms with Gasteiger partial charge in [0.2, 0.25) is 15.9 Å². The van der Waals surface area contributed by atoms with Gasteiger partial charge in [-0.05, 0) is 62.4 Å². The molecule has 1 heterocycles. The Morgan fingerprint density at radius 2 is 1.55 bits per heavy atom. The van der Waals surface area contributed by atoms with Gasteiger partial charge in [0, 0.05) is 37.4 Å². The predicted octanol–water partition coefficient (Wildman–Crippen LogP) is 2.23. The lowest BCUT2D eigenvalue weighted by molar-refractivity contribution is -0.121. The van der Waals surface area contributed by atoms with Crippen molar-refractivity contribution < 1.29 is 22.7 Å². The molecule has 0 aromatic heterocycles. The molecule has 1 saturated heterocycles. The minimum atomic E-state index is -3.59. The molecule has 0 aliphatic carbocycles. The molecule has 1 aliphatic heterocycles. The summed E-state index contributed by atoms with van der Waals surface area (Å²) in [5, 5.41) is 2.85. The zero-order valence-corrected chi connectivity index (χ0v) is 18.7. The number of rotatable bonds is 7. The first kappa shape index (κ1) is 22.9. The topological polar surface area (TPSA) is 96.0 Å². The summed E-state index contributed by atoms with van der Waals surface area (Å²) in [7, 11) is -2.06. The Kier molecular flexibility index (Phi) is 7.09. The summed E-state index contributed by atoms with van der Waals surface area (Å²) in [6.45, 7) is 4.80. The molecule has 9 heteroatoms. The Morgan fingerprint density at radius 1 is 0.968 bits per heavy atom. The van der Waals surface area contributed by atoms with Gasteiger partial charge in [0.1, 0.15) is 5.75 Å². The first-order chi connectivity index (χ1) is 14.7. The number of Topliss-reactive ketones (excluding diaryl/α,β-unsaturated/α-hetero) is 1. The largest absolute Gasteiger partial charge is 0.497 e. The highest BCUT2D eigenvalue weighted by atomic mass is 32.2. The fraction of sp³-hybridized carbons (Fsp3) is 0.364. The minimum absolute atomic E-state index is 0.0336. The van der Waals surface area contributed by atoms with Gasteiger partial charge >= 0.3 is 0 Å². The SMILES string of the molecule is COc1ccc(S(=O)(=O)N2CCN([C@H](C)C(=O)Nc3ccc(C(C)=O)cc3)CC2)cc1. The smallest absolute Gasteiger partial charge is 0.243 e. The lowest BCUT2D eigenvalue weighted by Gasteiger charge is -2.36. The normalized spacial score (nSPS) is 16.5. The van der Waals surface area contributed by atoms with Crippen LogP contribution in [0.4, 0.5) is 5.69 Å². The third-order valence-corrected chi connectivity index (χ3v) is 7.37. The average molecular weight is 446 g/mol. The zero-order chi connectivity index (χ0) is 22.6. The van der Waals surface area contributed by atoms with E-state index in [1.165, 1.54) is 30.5 Å². The molecule has 2 aromatic carbocycles. The number of amides is 1. The fourth-order valence-corrected chi connectivity index (χ4v) is 4.85. The van der Waals surface area contributed by atoms with E-state index in [-0.39, 0.29) is 16.6 Å². The van der Waals surface area contributed by atoms with Crippen molar-refractivity contribution >= 4 is 27.4 Å². The van der Waals surface area contributed by atoms with Crippen LogP contribution in [0.25, 0.3) is 0 Å². The second-order valence-electron chi connectivity index (χ2n) is 7.41. The number of nitrogens with zero attached hydrogens (tertiary/aromatic N) is 2. The summed E-state index contributed by atoms with van der Waals surface area (Å²) in [6, 6.07) is 12.6. The van der Waals surface area contributed by atoms with Gasteiger partial charge in [-0.15, -0.1) is 0 Å². The van der Waals surface area contributed by atoms with E-state index < -0.39 is 16.1 Å². The van der Waals surface area contributed by atoms with Gasteiger partial charge in [-0.2, -0.15) is 4.31 Å². The standard InChI is InChI=1S/C22H27N3O5S/c1-16(22(27)23-19-6-4-18(5-7-19)17(2)26)24-12-14-25(15-13-24)31(28,29)21-10-8-20(30-3)9-11-21/h4-11,16H,12-15H2,1-3H3,(H,23,27)/t16-/m1/s1. The maximum atomic E-state index is 12.9. The van der Waals surface area contributed by atoms with Crippen molar-refractivity contribution in [3.05, 3.63) is 54.1 Å². The first-order valence-corrected chi connectivity index (χ1v) is 11.5. The molecule has 166 valence electrons. The second kappa shape index (κ2) is 9.59. The van der Waals surface area contributed by atoms with Gasteiger partial charge in [-0.3, -0.25) is 14.5 Å². The molecule has 31 heavy (non-hydrogen) atoms. The van der Waals surface area contributed by atoms with Crippen molar-refractivity contribution in [3.8, 4) is 5.75 Å². The Bertz CT molecular complexity index is 1030. The van der Waals surface area contributed by atoms with Crippen molar-refractivity contribution in [1.82, 2.24) is 9.21 Å². The van der Waals surface area contributed by atoms with E-state index in [1.54, 1.807) is 43.3 Å². The van der Waals surface area contributed by atoms with E-state index in [0.717, 1.165) is 0 Å². The highest BCUT2D eigenvalue weighted by molar-refractivity contribution is 7.89. The van der Waals surface area contributed by atoms with Crippen LogP contribution in [0, 0.1) is 0 Å². The van der Waals surface area contributed by atoms with Crippen LogP contribution >= 0.6 is 0 Å². The third kappa shape index (κ3) is 5.30. The van der Waals surface area contributed by atoms with E-state index >= 15 is 0 Å². The Hall–Kier alpha value is -2.75. The molecule has 0 bridgehead atoms. The number of ketones is 1. The van der Waals surface area contributed by atoms with Crippen LogP contribution < -0.4 is 10.1 Å². The molecule has 0 unspecified atom stereocenters. The molecule has 1 aliphatic rings. The Balaban J connectivity index is 1.57. The second-order valence-corrected chi connectivity index (χ2v) is 9.35. The van der Waals surface area contributed by atoms with E-state index in [1.807, 2.05) is 4.90 Å². The number of hydrogen-bond acceptors (Lipinski definition) is 6. The molecule has 0 spiro atoms. The molecule has 1 N–H and O–H groups in total. The summed E-state index contributed by atoms with van der Waals surface area (Å²) >= 11 is 0. The highest BCUT2D eigenvalue weighted by Gasteiger charge is 2.31. The van der Waals surface area contributed by atoms with Crippen LogP contribution in [0.5, 0.6) is 5.75 Å². The summed E-state index contributed by atoms with van der Waals surface area (Å²) in [6.07, 6.45) is 0. The molecule has 8 nitrogen and oxygen atoms in total. The van der Waals surface area contributed by atoms with E-state index in [2.05, 4.69) is 5.32 Å². The number of carbonyl (C=O) groups excluding carboxylic acids is 2. The van der Waals surface area contributed by atoms with Gasteiger partial charge in [-0.1, -0.05) is 0 Å². The molecular formula is C22H27N3O5S. The van der Waals surface area contributed by atoms with Crippen molar-refractivity contribution in [1.29, 1.82) is 0 Å². The Morgan fingerprint density at radius 3 is 2.06 bits per heavy atom. The fourth-order valence-electron chi connectivity index (χ4n) is 3.43. The number of sulfonamides is 1. The van der Waals surface area contributed by atoms with E-state index in [4.69, 9.17) is 4.74 Å². The highest BCUT2D eigenvalue weighted by Crippen LogP contribution is 2.21. The lowest BCUT2D eigenvalue weighted by atomic mass is 10.1. The zero-order valence-electron chi connectivity index (χ0n) is 17.9. The minimum Gasteiger partial charge on any atom is -0.497 e. The quantitative estimate of drug-likeness (QED) is 0.657. The monoisotopic (exact) mass is 445 g/mol. The molecule has 1 amide bonds. The van der Waals surface area contributed by atoms with E-state index in [9.17, 15) is 18.0 Å². The number of anilines is 1. The number of carbonyl (C=O) groups is 2. The third-order valence-electron chi connectivity index (χ3n) is 5.46. The van der Waals surface area contributed by atoms with Gasteiger partial charge in [0.25, 0.3) is 0 Å². The lowest BCUT2D eigenvalue weighted by Crippen LogP contribution is -2.53. The van der Waals surface area contributed by atoms with Crippen molar-refractivity contribution in [2.24, 2.45) is 0 Å². The number of nitrogens with one attached hydrogen (secondary N) is 1. The number of hydrogen-bond donors (Lipinski definition) is 1. The maximum Gasteiger partial charge on any atom is 0.243 e. The number of ether oxygens (including phenoxy) is 1. The van der Waals surface area contributed by atoms with Crippen LogP contribution in [0.3, 0.4) is 0 Å². The van der Waals surface area contributed by atoms with Crippen LogP contribution in [0.1, 0.15) is 24.2 Å². The van der Waals surface area contributed by atoms with Crippen LogP contribution in [0.2, 0.25) is 0 Å². The molecule has 0 saturated carbocycles. The molecule has 3 rings (SSSR count). The van der Waals surface area contributed by atoms with Crippen LogP contribution in [0.15, 0.2) is 53.4 Å². The van der Waals surface area contributed by atoms with Crippen LogP contribution in [-0.2, 0) is 14.8 Å². The average Bonchev–Trinajstić information content (AvgIpc) is 2.79. The Labute approximate surface area is 182 Å². The molecule has 2 aromatic rings. The van der Waals surface area contributed by atoms with Gasteiger partial charge < -0.3 is 10.1 Å². The predicted molar refractivity (Wildman–Crippen MR) is 118 cm³/mol. The summed E-state index contributed by atoms with van der Waals surface area (Å²) < 4.78 is 32.3. The molecule has 1 fully saturated rings. The molecular weight excluding hydrogens is 418 g/mol. The van der Waals surface area contributed by atoms with Crippen molar-refractivity contribution in [2.75, 3.05) is 38.6 Å². The summed E-state index contributed by atoms with van der Waals surface area (Å²) in [5.41, 5.74) is 1.20. The van der Waals surface area contributed by atoms with Crippen LogP contribution in [-0.4, -0.2) is 68.6 Å². The molecule has 0 radical (unpaired) electrons. The summed E-state index contributed by atoms with van der Waals surface area (Å²) in [5.74, 6) is 0.385. The number of piperazine rings is 1.